The van der Waals surface area contributed by atoms with E-state index in [0.717, 1.165) is 36.5 Å². The quantitative estimate of drug-likeness (QED) is 0.414. The minimum Gasteiger partial charge on any atom is -0.494 e. The Morgan fingerprint density at radius 2 is 1.59 bits per heavy atom. The van der Waals surface area contributed by atoms with Gasteiger partial charge in [0.05, 0.1) is 17.6 Å². The first-order valence-electron chi connectivity index (χ1n) is 9.47. The van der Waals surface area contributed by atoms with Crippen LogP contribution in [0.1, 0.15) is 23.4 Å². The summed E-state index contributed by atoms with van der Waals surface area (Å²) >= 11 is 0. The van der Waals surface area contributed by atoms with Crippen LogP contribution in [-0.2, 0) is 13.0 Å². The third-order valence-corrected chi connectivity index (χ3v) is 4.75. The molecule has 0 N–H and O–H groups in total. The summed E-state index contributed by atoms with van der Waals surface area (Å²) in [4.78, 5) is 4.88. The van der Waals surface area contributed by atoms with Gasteiger partial charge in [0.1, 0.15) is 11.6 Å². The Morgan fingerprint density at radius 3 is 2.41 bits per heavy atom. The van der Waals surface area contributed by atoms with Gasteiger partial charge in [-0.1, -0.05) is 60.2 Å². The molecular formula is C24H24N2O. The van der Waals surface area contributed by atoms with Crippen molar-refractivity contribution in [2.24, 2.45) is 0 Å². The highest BCUT2D eigenvalue weighted by Crippen LogP contribution is 2.19. The summed E-state index contributed by atoms with van der Waals surface area (Å²) in [5, 5.41) is 0. The highest BCUT2D eigenvalue weighted by molar-refractivity contribution is 5.76. The van der Waals surface area contributed by atoms with E-state index in [1.54, 1.807) is 0 Å². The predicted octanol–water partition coefficient (Wildman–Crippen LogP) is 5.40. The summed E-state index contributed by atoms with van der Waals surface area (Å²) in [7, 11) is 0. The van der Waals surface area contributed by atoms with E-state index in [-0.39, 0.29) is 0 Å². The van der Waals surface area contributed by atoms with Gasteiger partial charge in [0.2, 0.25) is 0 Å². The fourth-order valence-corrected chi connectivity index (χ4v) is 3.34. The fraction of sp³-hybridized carbons (Fsp3) is 0.208. The molecule has 0 aliphatic carbocycles. The number of aromatic nitrogens is 2. The van der Waals surface area contributed by atoms with Gasteiger partial charge in [-0.25, -0.2) is 4.98 Å². The van der Waals surface area contributed by atoms with E-state index >= 15 is 0 Å². The molecule has 0 fully saturated rings. The zero-order valence-corrected chi connectivity index (χ0v) is 15.6. The number of imidazole rings is 1. The van der Waals surface area contributed by atoms with Crippen LogP contribution in [0.15, 0.2) is 78.9 Å². The van der Waals surface area contributed by atoms with Crippen molar-refractivity contribution in [3.05, 3.63) is 95.8 Å². The number of ether oxygens (including phenoxy) is 1. The summed E-state index contributed by atoms with van der Waals surface area (Å²) in [6.45, 7) is 3.68. The average Bonchev–Trinajstić information content (AvgIpc) is 3.04. The number of para-hydroxylation sites is 2. The first-order chi connectivity index (χ1) is 13.3. The minimum atomic E-state index is 0.695. The molecule has 3 heteroatoms. The molecular weight excluding hydrogens is 332 g/mol. The highest BCUT2D eigenvalue weighted by Gasteiger charge is 2.10. The molecule has 0 unspecified atom stereocenters. The van der Waals surface area contributed by atoms with Crippen LogP contribution in [0, 0.1) is 6.92 Å². The van der Waals surface area contributed by atoms with Gasteiger partial charge in [0.15, 0.2) is 0 Å². The van der Waals surface area contributed by atoms with Gasteiger partial charge in [0.25, 0.3) is 0 Å². The van der Waals surface area contributed by atoms with E-state index in [0.29, 0.717) is 6.61 Å². The van der Waals surface area contributed by atoms with Crippen LogP contribution in [0.3, 0.4) is 0 Å². The zero-order valence-electron chi connectivity index (χ0n) is 15.6. The number of hydrogen-bond acceptors (Lipinski definition) is 2. The Balaban J connectivity index is 1.47. The molecule has 0 radical (unpaired) electrons. The Morgan fingerprint density at radius 1 is 0.852 bits per heavy atom. The van der Waals surface area contributed by atoms with Crippen LogP contribution in [0.25, 0.3) is 11.0 Å². The van der Waals surface area contributed by atoms with Gasteiger partial charge < -0.3 is 9.30 Å². The third kappa shape index (κ3) is 4.20. The molecule has 0 amide bonds. The Labute approximate surface area is 160 Å². The molecule has 0 spiro atoms. The molecule has 27 heavy (non-hydrogen) atoms. The van der Waals surface area contributed by atoms with Crippen molar-refractivity contribution in [2.75, 3.05) is 6.61 Å². The monoisotopic (exact) mass is 356 g/mol. The van der Waals surface area contributed by atoms with Crippen molar-refractivity contribution in [1.29, 1.82) is 0 Å². The molecule has 1 heterocycles. The molecule has 0 saturated heterocycles. The van der Waals surface area contributed by atoms with Gasteiger partial charge in [-0.3, -0.25) is 0 Å². The largest absolute Gasteiger partial charge is 0.494 e. The molecule has 0 bridgehead atoms. The number of hydrogen-bond donors (Lipinski definition) is 0. The molecule has 0 saturated carbocycles. The maximum Gasteiger partial charge on any atom is 0.119 e. The minimum absolute atomic E-state index is 0.695. The zero-order chi connectivity index (χ0) is 18.5. The van der Waals surface area contributed by atoms with E-state index in [4.69, 9.17) is 9.72 Å². The van der Waals surface area contributed by atoms with Crippen molar-refractivity contribution in [1.82, 2.24) is 9.55 Å². The fourth-order valence-electron chi connectivity index (χ4n) is 3.34. The number of rotatable bonds is 7. The SMILES string of the molecule is Cc1ccc(OCCCn2c(Cc3ccccc3)nc3ccccc32)cc1. The summed E-state index contributed by atoms with van der Waals surface area (Å²) in [6, 6.07) is 27.1. The molecule has 3 aromatic carbocycles. The first-order valence-corrected chi connectivity index (χ1v) is 9.47. The molecule has 0 aliphatic rings. The van der Waals surface area contributed by atoms with E-state index < -0.39 is 0 Å². The predicted molar refractivity (Wildman–Crippen MR) is 110 cm³/mol. The van der Waals surface area contributed by atoms with Gasteiger partial charge in [-0.2, -0.15) is 0 Å². The van der Waals surface area contributed by atoms with E-state index in [2.05, 4.69) is 72.2 Å². The van der Waals surface area contributed by atoms with Crippen LogP contribution in [-0.4, -0.2) is 16.2 Å². The molecule has 136 valence electrons. The summed E-state index contributed by atoms with van der Waals surface area (Å²) in [6.07, 6.45) is 1.78. The molecule has 0 atom stereocenters. The van der Waals surface area contributed by atoms with Crippen molar-refractivity contribution in [3.63, 3.8) is 0 Å². The molecule has 0 aliphatic heterocycles. The molecule has 1 aromatic heterocycles. The Kier molecular flexibility index (Phi) is 5.20. The number of fused-ring (bicyclic) bond motifs is 1. The van der Waals surface area contributed by atoms with E-state index in [1.807, 2.05) is 18.2 Å². The molecule has 4 rings (SSSR count). The topological polar surface area (TPSA) is 27.1 Å². The maximum atomic E-state index is 5.90. The van der Waals surface area contributed by atoms with E-state index in [1.165, 1.54) is 16.6 Å². The highest BCUT2D eigenvalue weighted by atomic mass is 16.5. The number of nitrogens with zero attached hydrogens (tertiary/aromatic N) is 2. The molecule has 3 nitrogen and oxygen atoms in total. The van der Waals surface area contributed by atoms with Crippen LogP contribution >= 0.6 is 0 Å². The second kappa shape index (κ2) is 8.09. The lowest BCUT2D eigenvalue weighted by Crippen LogP contribution is -2.08. The Hall–Kier alpha value is -3.07. The summed E-state index contributed by atoms with van der Waals surface area (Å²) in [5.74, 6) is 2.04. The smallest absolute Gasteiger partial charge is 0.119 e. The van der Waals surface area contributed by atoms with Gasteiger partial charge in [0, 0.05) is 13.0 Å². The Bertz CT molecular complexity index is 1000. The van der Waals surface area contributed by atoms with Crippen molar-refractivity contribution in [3.8, 4) is 5.75 Å². The van der Waals surface area contributed by atoms with Gasteiger partial charge in [-0.05, 0) is 43.2 Å². The van der Waals surface area contributed by atoms with Crippen LogP contribution in [0.5, 0.6) is 5.75 Å². The van der Waals surface area contributed by atoms with Crippen LogP contribution in [0.2, 0.25) is 0 Å². The molecule has 4 aromatic rings. The number of benzene rings is 3. The second-order valence-corrected chi connectivity index (χ2v) is 6.85. The van der Waals surface area contributed by atoms with Crippen molar-refractivity contribution < 1.29 is 4.74 Å². The van der Waals surface area contributed by atoms with Gasteiger partial charge in [-0.15, -0.1) is 0 Å². The normalized spacial score (nSPS) is 11.0. The number of aryl methyl sites for hydroxylation is 2. The van der Waals surface area contributed by atoms with E-state index in [9.17, 15) is 0 Å². The third-order valence-electron chi connectivity index (χ3n) is 4.75. The summed E-state index contributed by atoms with van der Waals surface area (Å²) < 4.78 is 8.23. The van der Waals surface area contributed by atoms with Crippen LogP contribution in [0.4, 0.5) is 0 Å². The van der Waals surface area contributed by atoms with Crippen molar-refractivity contribution in [2.45, 2.75) is 26.3 Å². The lowest BCUT2D eigenvalue weighted by atomic mass is 10.1. The van der Waals surface area contributed by atoms with Crippen molar-refractivity contribution >= 4 is 11.0 Å². The standard InChI is InChI=1S/C24H24N2O/c1-19-12-14-21(15-13-19)27-17-7-16-26-23-11-6-5-10-22(23)25-24(26)18-20-8-3-2-4-9-20/h2-6,8-15H,7,16-18H2,1H3. The lowest BCUT2D eigenvalue weighted by Gasteiger charge is -2.11. The lowest BCUT2D eigenvalue weighted by molar-refractivity contribution is 0.302. The van der Waals surface area contributed by atoms with Gasteiger partial charge >= 0.3 is 0 Å². The second-order valence-electron chi connectivity index (χ2n) is 6.85. The first kappa shape index (κ1) is 17.3. The average molecular weight is 356 g/mol. The maximum absolute atomic E-state index is 5.90. The summed E-state index contributed by atoms with van der Waals surface area (Å²) in [5.41, 5.74) is 4.78. The van der Waals surface area contributed by atoms with Crippen LogP contribution < -0.4 is 4.74 Å².